The molecule has 1 amide bonds. The summed E-state index contributed by atoms with van der Waals surface area (Å²) in [7, 11) is -2.20. The van der Waals surface area contributed by atoms with E-state index in [1.165, 1.54) is 19.2 Å². The Labute approximate surface area is 141 Å². The number of halogens is 1. The van der Waals surface area contributed by atoms with Gasteiger partial charge < -0.3 is 9.64 Å². The van der Waals surface area contributed by atoms with Gasteiger partial charge in [0, 0.05) is 44.3 Å². The minimum absolute atomic E-state index is 0.153. The first-order chi connectivity index (χ1) is 10.9. The second kappa shape index (κ2) is 7.96. The molecule has 0 atom stereocenters. The van der Waals surface area contributed by atoms with Crippen LogP contribution in [0.25, 0.3) is 0 Å². The number of hydrogen-bond donors (Lipinski definition) is 1. The molecule has 1 aliphatic heterocycles. The third kappa shape index (κ3) is 5.07. The van der Waals surface area contributed by atoms with Crippen LogP contribution in [0.15, 0.2) is 29.2 Å². The summed E-state index contributed by atoms with van der Waals surface area (Å²) in [5, 5.41) is 0.381. The Morgan fingerprint density at radius 1 is 1.30 bits per heavy atom. The smallest absolute Gasteiger partial charge is 0.409 e. The van der Waals surface area contributed by atoms with Gasteiger partial charge >= 0.3 is 6.09 Å². The van der Waals surface area contributed by atoms with E-state index >= 15 is 0 Å². The lowest BCUT2D eigenvalue weighted by atomic mass is 10.3. The first-order valence-electron chi connectivity index (χ1n) is 7.23. The van der Waals surface area contributed by atoms with Gasteiger partial charge in [-0.2, -0.15) is 0 Å². The van der Waals surface area contributed by atoms with Gasteiger partial charge in [-0.3, -0.25) is 4.90 Å². The van der Waals surface area contributed by atoms with E-state index < -0.39 is 10.0 Å². The zero-order valence-electron chi connectivity index (χ0n) is 12.9. The average molecular weight is 362 g/mol. The Hall–Kier alpha value is -1.35. The van der Waals surface area contributed by atoms with E-state index in [1.54, 1.807) is 17.0 Å². The van der Waals surface area contributed by atoms with Crippen molar-refractivity contribution in [2.45, 2.75) is 4.90 Å². The highest BCUT2D eigenvalue weighted by molar-refractivity contribution is 7.89. The zero-order chi connectivity index (χ0) is 16.9. The summed E-state index contributed by atoms with van der Waals surface area (Å²) in [5.41, 5.74) is 0. The normalized spacial score (nSPS) is 16.3. The van der Waals surface area contributed by atoms with Crippen LogP contribution in [-0.2, 0) is 14.8 Å². The van der Waals surface area contributed by atoms with E-state index in [1.807, 2.05) is 0 Å². The molecule has 1 aliphatic rings. The summed E-state index contributed by atoms with van der Waals surface area (Å²) in [6.07, 6.45) is -0.327. The summed E-state index contributed by atoms with van der Waals surface area (Å²) in [6.45, 7) is 3.41. The molecule has 1 N–H and O–H groups in total. The molecule has 1 aromatic carbocycles. The van der Waals surface area contributed by atoms with E-state index in [9.17, 15) is 13.2 Å². The molecule has 23 heavy (non-hydrogen) atoms. The molecule has 1 aromatic rings. The predicted octanol–water partition coefficient (Wildman–Crippen LogP) is 1.00. The maximum atomic E-state index is 12.1. The number of piperazine rings is 1. The standard InChI is InChI=1S/C14H20ClN3O4S/c1-22-14(19)18-9-7-17(8-10-18)6-5-16-23(20,21)13-4-2-3-12(15)11-13/h2-4,11,16H,5-10H2,1H3. The number of carbonyl (C=O) groups is 1. The van der Waals surface area contributed by atoms with Crippen LogP contribution in [0.5, 0.6) is 0 Å². The van der Waals surface area contributed by atoms with Gasteiger partial charge in [0.2, 0.25) is 10.0 Å². The summed E-state index contributed by atoms with van der Waals surface area (Å²) in [4.78, 5) is 15.3. The predicted molar refractivity (Wildman–Crippen MR) is 87.1 cm³/mol. The molecular weight excluding hydrogens is 342 g/mol. The van der Waals surface area contributed by atoms with Crippen molar-refractivity contribution in [3.63, 3.8) is 0 Å². The molecule has 0 bridgehead atoms. The Kier molecular flexibility index (Phi) is 6.23. The number of amides is 1. The van der Waals surface area contributed by atoms with E-state index in [2.05, 4.69) is 14.4 Å². The van der Waals surface area contributed by atoms with Gasteiger partial charge in [-0.05, 0) is 18.2 Å². The van der Waals surface area contributed by atoms with Crippen molar-refractivity contribution in [2.24, 2.45) is 0 Å². The third-order valence-corrected chi connectivity index (χ3v) is 5.33. The third-order valence-electron chi connectivity index (χ3n) is 3.63. The lowest BCUT2D eigenvalue weighted by Crippen LogP contribution is -2.50. The first kappa shape index (κ1) is 18.0. The van der Waals surface area contributed by atoms with Gasteiger partial charge in [0.1, 0.15) is 0 Å². The van der Waals surface area contributed by atoms with Crippen LogP contribution in [0, 0.1) is 0 Å². The molecule has 0 saturated carbocycles. The molecule has 0 aromatic heterocycles. The van der Waals surface area contributed by atoms with Crippen molar-refractivity contribution >= 4 is 27.7 Å². The lowest BCUT2D eigenvalue weighted by Gasteiger charge is -2.33. The number of benzene rings is 1. The second-order valence-corrected chi connectivity index (χ2v) is 7.36. The van der Waals surface area contributed by atoms with Crippen molar-refractivity contribution in [2.75, 3.05) is 46.4 Å². The number of nitrogens with zero attached hydrogens (tertiary/aromatic N) is 2. The minimum Gasteiger partial charge on any atom is -0.453 e. The van der Waals surface area contributed by atoms with Crippen LogP contribution >= 0.6 is 11.6 Å². The monoisotopic (exact) mass is 361 g/mol. The maximum Gasteiger partial charge on any atom is 0.409 e. The summed E-state index contributed by atoms with van der Waals surface area (Å²) in [5.74, 6) is 0. The van der Waals surface area contributed by atoms with Crippen molar-refractivity contribution in [3.05, 3.63) is 29.3 Å². The molecule has 7 nitrogen and oxygen atoms in total. The van der Waals surface area contributed by atoms with E-state index in [-0.39, 0.29) is 11.0 Å². The quantitative estimate of drug-likeness (QED) is 0.846. The molecule has 1 heterocycles. The number of methoxy groups -OCH3 is 1. The molecule has 0 unspecified atom stereocenters. The second-order valence-electron chi connectivity index (χ2n) is 5.15. The Morgan fingerprint density at radius 3 is 2.61 bits per heavy atom. The number of hydrogen-bond acceptors (Lipinski definition) is 5. The fourth-order valence-electron chi connectivity index (χ4n) is 2.34. The van der Waals surface area contributed by atoms with Gasteiger partial charge in [0.05, 0.1) is 12.0 Å². The average Bonchev–Trinajstić information content (AvgIpc) is 2.54. The zero-order valence-corrected chi connectivity index (χ0v) is 14.4. The number of ether oxygens (including phenoxy) is 1. The highest BCUT2D eigenvalue weighted by Gasteiger charge is 2.21. The minimum atomic E-state index is -3.56. The van der Waals surface area contributed by atoms with E-state index in [4.69, 9.17) is 11.6 Å². The van der Waals surface area contributed by atoms with Crippen molar-refractivity contribution in [1.82, 2.24) is 14.5 Å². The molecular formula is C14H20ClN3O4S. The molecule has 1 saturated heterocycles. The van der Waals surface area contributed by atoms with Crippen molar-refractivity contribution in [3.8, 4) is 0 Å². The Bertz CT molecular complexity index is 645. The summed E-state index contributed by atoms with van der Waals surface area (Å²) < 4.78 is 31.5. The van der Waals surface area contributed by atoms with Gasteiger partial charge in [0.15, 0.2) is 0 Å². The topological polar surface area (TPSA) is 79.0 Å². The fourth-order valence-corrected chi connectivity index (χ4v) is 3.66. The molecule has 128 valence electrons. The van der Waals surface area contributed by atoms with Crippen LogP contribution in [0.1, 0.15) is 0 Å². The van der Waals surface area contributed by atoms with Crippen LogP contribution in [0.4, 0.5) is 4.79 Å². The maximum absolute atomic E-state index is 12.1. The van der Waals surface area contributed by atoms with Gasteiger partial charge in [-0.1, -0.05) is 17.7 Å². The Balaban J connectivity index is 1.78. The molecule has 0 aliphatic carbocycles. The van der Waals surface area contributed by atoms with Crippen LogP contribution in [0.3, 0.4) is 0 Å². The van der Waals surface area contributed by atoms with Crippen molar-refractivity contribution < 1.29 is 17.9 Å². The first-order valence-corrected chi connectivity index (χ1v) is 9.09. The molecule has 1 fully saturated rings. The number of nitrogens with one attached hydrogen (secondary N) is 1. The molecule has 0 radical (unpaired) electrons. The molecule has 2 rings (SSSR count). The molecule has 9 heteroatoms. The highest BCUT2D eigenvalue weighted by Crippen LogP contribution is 2.15. The number of rotatable bonds is 5. The number of sulfonamides is 1. The van der Waals surface area contributed by atoms with Crippen LogP contribution in [0.2, 0.25) is 5.02 Å². The highest BCUT2D eigenvalue weighted by atomic mass is 35.5. The van der Waals surface area contributed by atoms with Crippen molar-refractivity contribution in [1.29, 1.82) is 0 Å². The Morgan fingerprint density at radius 2 is 2.00 bits per heavy atom. The van der Waals surface area contributed by atoms with E-state index in [0.29, 0.717) is 44.3 Å². The number of carbonyl (C=O) groups excluding carboxylic acids is 1. The SMILES string of the molecule is COC(=O)N1CCN(CCNS(=O)(=O)c2cccc(Cl)c2)CC1. The molecule has 0 spiro atoms. The van der Waals surface area contributed by atoms with Gasteiger partial charge in [0.25, 0.3) is 0 Å². The summed E-state index contributed by atoms with van der Waals surface area (Å²) >= 11 is 5.81. The van der Waals surface area contributed by atoms with Gasteiger partial charge in [-0.25, -0.2) is 17.9 Å². The van der Waals surface area contributed by atoms with E-state index in [0.717, 1.165) is 0 Å². The lowest BCUT2D eigenvalue weighted by molar-refractivity contribution is 0.0918. The summed E-state index contributed by atoms with van der Waals surface area (Å²) in [6, 6.07) is 6.15. The van der Waals surface area contributed by atoms with Crippen LogP contribution in [-0.4, -0.2) is 70.7 Å². The van der Waals surface area contributed by atoms with Gasteiger partial charge in [-0.15, -0.1) is 0 Å². The fraction of sp³-hybridized carbons (Fsp3) is 0.500. The van der Waals surface area contributed by atoms with Crippen LogP contribution < -0.4 is 4.72 Å². The largest absolute Gasteiger partial charge is 0.453 e.